The number of amides is 2. The van der Waals surface area contributed by atoms with Crippen molar-refractivity contribution in [3.05, 3.63) is 52.5 Å². The molecule has 1 spiro atoms. The van der Waals surface area contributed by atoms with Gasteiger partial charge in [-0.05, 0) is 42.5 Å². The summed E-state index contributed by atoms with van der Waals surface area (Å²) in [6.07, 6.45) is 0.184. The number of benzene rings is 2. The summed E-state index contributed by atoms with van der Waals surface area (Å²) < 4.78 is 12.0. The van der Waals surface area contributed by atoms with E-state index in [0.29, 0.717) is 36.1 Å². The van der Waals surface area contributed by atoms with E-state index in [0.717, 1.165) is 10.0 Å². The van der Waals surface area contributed by atoms with Crippen molar-refractivity contribution in [2.75, 3.05) is 18.1 Å². The summed E-state index contributed by atoms with van der Waals surface area (Å²) in [6, 6.07) is 12.5. The van der Waals surface area contributed by atoms with Gasteiger partial charge in [0.2, 0.25) is 11.5 Å². The van der Waals surface area contributed by atoms with Crippen LogP contribution in [0, 0.1) is 0 Å². The first kappa shape index (κ1) is 17.2. The van der Waals surface area contributed by atoms with Crippen molar-refractivity contribution in [2.45, 2.75) is 18.4 Å². The summed E-state index contributed by atoms with van der Waals surface area (Å²) in [6.45, 7) is 1.00. The monoisotopic (exact) mass is 442 g/mol. The highest BCUT2D eigenvalue weighted by atomic mass is 79.9. The van der Waals surface area contributed by atoms with Crippen molar-refractivity contribution in [2.24, 2.45) is 5.16 Å². The molecule has 1 atom stereocenters. The molecule has 0 saturated carbocycles. The lowest BCUT2D eigenvalue weighted by Gasteiger charge is -2.20. The van der Waals surface area contributed by atoms with Gasteiger partial charge < -0.3 is 14.3 Å². The minimum absolute atomic E-state index is 0.0422. The maximum absolute atomic E-state index is 13.1. The molecule has 5 rings (SSSR count). The van der Waals surface area contributed by atoms with Crippen LogP contribution in [0.25, 0.3) is 0 Å². The van der Waals surface area contributed by atoms with Gasteiger partial charge >= 0.3 is 0 Å². The molecule has 0 bridgehead atoms. The standard InChI is InChI=1S/C20H15BrN2O5/c21-13-2-4-14(5-3-13)23-18(24)11-20(19(23)25)10-15(22-28-20)12-1-6-16-17(9-12)27-8-7-26-16/h1-6,9H,7-8,10-11H2. The van der Waals surface area contributed by atoms with Crippen LogP contribution in [0.5, 0.6) is 11.5 Å². The molecule has 142 valence electrons. The topological polar surface area (TPSA) is 77.4 Å². The van der Waals surface area contributed by atoms with E-state index < -0.39 is 11.5 Å². The van der Waals surface area contributed by atoms with E-state index in [1.807, 2.05) is 18.2 Å². The molecular weight excluding hydrogens is 428 g/mol. The molecule has 3 aliphatic rings. The third-order valence-corrected chi connectivity index (χ3v) is 5.55. The summed E-state index contributed by atoms with van der Waals surface area (Å²) in [5, 5.41) is 4.13. The lowest BCUT2D eigenvalue weighted by Crippen LogP contribution is -2.40. The molecule has 7 nitrogen and oxygen atoms in total. The van der Waals surface area contributed by atoms with Crippen LogP contribution in [0.4, 0.5) is 5.69 Å². The molecule has 2 amide bonds. The Hall–Kier alpha value is -2.87. The summed E-state index contributed by atoms with van der Waals surface area (Å²) >= 11 is 3.35. The third kappa shape index (κ3) is 2.67. The van der Waals surface area contributed by atoms with Gasteiger partial charge in [-0.3, -0.25) is 9.59 Å². The van der Waals surface area contributed by atoms with Crippen LogP contribution in [0.3, 0.4) is 0 Å². The van der Waals surface area contributed by atoms with E-state index in [1.165, 1.54) is 4.90 Å². The van der Waals surface area contributed by atoms with E-state index in [-0.39, 0.29) is 18.7 Å². The first-order valence-electron chi connectivity index (χ1n) is 8.84. The largest absolute Gasteiger partial charge is 0.486 e. The first-order chi connectivity index (χ1) is 13.6. The molecule has 2 aromatic carbocycles. The number of hydrogen-bond acceptors (Lipinski definition) is 6. The number of hydrogen-bond donors (Lipinski definition) is 0. The minimum Gasteiger partial charge on any atom is -0.486 e. The van der Waals surface area contributed by atoms with Crippen molar-refractivity contribution in [1.82, 2.24) is 0 Å². The van der Waals surface area contributed by atoms with Gasteiger partial charge in [0.1, 0.15) is 13.2 Å². The zero-order valence-electron chi connectivity index (χ0n) is 14.7. The summed E-state index contributed by atoms with van der Waals surface area (Å²) in [5.41, 5.74) is 0.623. The Morgan fingerprint density at radius 3 is 2.50 bits per heavy atom. The molecule has 8 heteroatoms. The summed E-state index contributed by atoms with van der Waals surface area (Å²) in [5.74, 6) is 0.623. The Morgan fingerprint density at radius 1 is 0.964 bits per heavy atom. The summed E-state index contributed by atoms with van der Waals surface area (Å²) in [4.78, 5) is 32.4. The molecule has 1 saturated heterocycles. The van der Waals surface area contributed by atoms with Crippen molar-refractivity contribution in [3.8, 4) is 11.5 Å². The van der Waals surface area contributed by atoms with Crippen molar-refractivity contribution < 1.29 is 23.9 Å². The molecular formula is C20H15BrN2O5. The number of ether oxygens (including phenoxy) is 2. The Labute approximate surface area is 169 Å². The number of imide groups is 1. The number of fused-ring (bicyclic) bond motifs is 1. The second kappa shape index (κ2) is 6.34. The predicted molar refractivity (Wildman–Crippen MR) is 104 cm³/mol. The Morgan fingerprint density at radius 2 is 1.71 bits per heavy atom. The molecule has 0 aromatic heterocycles. The van der Waals surface area contributed by atoms with Crippen LogP contribution in [-0.2, 0) is 14.4 Å². The predicted octanol–water partition coefficient (Wildman–Crippen LogP) is 3.05. The van der Waals surface area contributed by atoms with Crippen LogP contribution in [0.15, 0.2) is 52.1 Å². The number of nitrogens with zero attached hydrogens (tertiary/aromatic N) is 2. The Bertz CT molecular complexity index is 1020. The molecule has 2 aromatic rings. The van der Waals surface area contributed by atoms with Crippen LogP contribution >= 0.6 is 15.9 Å². The number of halogens is 1. The van der Waals surface area contributed by atoms with Crippen molar-refractivity contribution in [1.29, 1.82) is 0 Å². The van der Waals surface area contributed by atoms with Crippen molar-refractivity contribution >= 4 is 39.1 Å². The first-order valence-corrected chi connectivity index (χ1v) is 9.63. The van der Waals surface area contributed by atoms with Crippen LogP contribution in [0.1, 0.15) is 18.4 Å². The van der Waals surface area contributed by atoms with Gasteiger partial charge in [-0.25, -0.2) is 4.90 Å². The van der Waals surface area contributed by atoms with E-state index >= 15 is 0 Å². The normalized spacial score (nSPS) is 23.2. The number of carbonyl (C=O) groups is 2. The fourth-order valence-electron chi connectivity index (χ4n) is 3.63. The Balaban J connectivity index is 1.40. The maximum Gasteiger partial charge on any atom is 0.281 e. The molecule has 0 aliphatic carbocycles. The Kier molecular flexibility index (Phi) is 3.90. The molecule has 3 aliphatic heterocycles. The van der Waals surface area contributed by atoms with E-state index in [4.69, 9.17) is 14.3 Å². The zero-order chi connectivity index (χ0) is 19.3. The zero-order valence-corrected chi connectivity index (χ0v) is 16.3. The van der Waals surface area contributed by atoms with Gasteiger partial charge in [-0.15, -0.1) is 0 Å². The lowest BCUT2D eigenvalue weighted by molar-refractivity contribution is -0.136. The number of carbonyl (C=O) groups excluding carboxylic acids is 2. The lowest BCUT2D eigenvalue weighted by atomic mass is 9.92. The summed E-state index contributed by atoms with van der Waals surface area (Å²) in [7, 11) is 0. The SMILES string of the molecule is O=C1CC2(CC(c3ccc4c(c3)OCCO4)=NO2)C(=O)N1c1ccc(Br)cc1. The molecule has 3 heterocycles. The molecule has 28 heavy (non-hydrogen) atoms. The highest BCUT2D eigenvalue weighted by Crippen LogP contribution is 2.40. The number of rotatable bonds is 2. The molecule has 0 radical (unpaired) electrons. The smallest absolute Gasteiger partial charge is 0.281 e. The van der Waals surface area contributed by atoms with E-state index in [9.17, 15) is 9.59 Å². The molecule has 1 unspecified atom stereocenters. The fraction of sp³-hybridized carbons (Fsp3) is 0.250. The van der Waals surface area contributed by atoms with E-state index in [1.54, 1.807) is 24.3 Å². The number of oxime groups is 1. The van der Waals surface area contributed by atoms with Gasteiger partial charge in [0.25, 0.3) is 5.91 Å². The number of anilines is 1. The van der Waals surface area contributed by atoms with Gasteiger partial charge in [-0.2, -0.15) is 0 Å². The second-order valence-electron chi connectivity index (χ2n) is 6.85. The van der Waals surface area contributed by atoms with Gasteiger partial charge in [-0.1, -0.05) is 21.1 Å². The second-order valence-corrected chi connectivity index (χ2v) is 7.76. The fourth-order valence-corrected chi connectivity index (χ4v) is 3.90. The average Bonchev–Trinajstić information content (AvgIpc) is 3.24. The third-order valence-electron chi connectivity index (χ3n) is 5.02. The highest BCUT2D eigenvalue weighted by molar-refractivity contribution is 9.10. The average molecular weight is 443 g/mol. The van der Waals surface area contributed by atoms with Gasteiger partial charge in [0.05, 0.1) is 17.8 Å². The van der Waals surface area contributed by atoms with E-state index in [2.05, 4.69) is 21.1 Å². The minimum atomic E-state index is -1.28. The van der Waals surface area contributed by atoms with Crippen LogP contribution in [-0.4, -0.2) is 36.3 Å². The quantitative estimate of drug-likeness (QED) is 0.667. The molecule has 1 fully saturated rings. The molecule has 0 N–H and O–H groups in total. The van der Waals surface area contributed by atoms with Crippen molar-refractivity contribution in [3.63, 3.8) is 0 Å². The van der Waals surface area contributed by atoms with Gasteiger partial charge in [0, 0.05) is 16.5 Å². The van der Waals surface area contributed by atoms with Gasteiger partial charge in [0.15, 0.2) is 11.5 Å². The maximum atomic E-state index is 13.1. The van der Waals surface area contributed by atoms with Crippen LogP contribution < -0.4 is 14.4 Å². The highest BCUT2D eigenvalue weighted by Gasteiger charge is 2.58. The van der Waals surface area contributed by atoms with Crippen LogP contribution in [0.2, 0.25) is 0 Å².